The molecule has 1 nitrogen and oxygen atoms in total. The summed E-state index contributed by atoms with van der Waals surface area (Å²) in [5.41, 5.74) is 2.42. The van der Waals surface area contributed by atoms with Crippen LogP contribution in [-0.2, 0) is 6.54 Å². The highest BCUT2D eigenvalue weighted by molar-refractivity contribution is 14.1. The number of nitrogens with one attached hydrogen (secondary N) is 1. The molecule has 0 fully saturated rings. The van der Waals surface area contributed by atoms with Crippen LogP contribution in [0.3, 0.4) is 0 Å². The van der Waals surface area contributed by atoms with Gasteiger partial charge in [-0.25, -0.2) is 0 Å². The molecule has 0 spiro atoms. The summed E-state index contributed by atoms with van der Waals surface area (Å²) in [4.78, 5) is 0. The Morgan fingerprint density at radius 1 is 1.06 bits per heavy atom. The van der Waals surface area contributed by atoms with E-state index in [9.17, 15) is 0 Å². The van der Waals surface area contributed by atoms with Crippen LogP contribution in [0.2, 0.25) is 0 Å². The van der Waals surface area contributed by atoms with Gasteiger partial charge in [-0.2, -0.15) is 0 Å². The summed E-state index contributed by atoms with van der Waals surface area (Å²) in [6.07, 6.45) is 0. The number of halogens is 2. The lowest BCUT2D eigenvalue weighted by molar-refractivity contribution is 1.15. The van der Waals surface area contributed by atoms with Gasteiger partial charge in [0.05, 0.1) is 0 Å². The third kappa shape index (κ3) is 3.49. The van der Waals surface area contributed by atoms with Crippen molar-refractivity contribution in [2.75, 3.05) is 5.32 Å². The first-order chi connectivity index (χ1) is 7.74. The Bertz CT molecular complexity index is 468. The Labute approximate surface area is 118 Å². The molecule has 0 atom stereocenters. The Morgan fingerprint density at radius 2 is 1.81 bits per heavy atom. The minimum atomic E-state index is 0.855. The van der Waals surface area contributed by atoms with Gasteiger partial charge < -0.3 is 5.32 Å². The average Bonchev–Trinajstić information content (AvgIpc) is 2.28. The molecule has 2 aromatic rings. The number of hydrogen-bond donors (Lipinski definition) is 1. The molecule has 0 bridgehead atoms. The lowest BCUT2D eigenvalue weighted by Crippen LogP contribution is -1.98. The minimum absolute atomic E-state index is 0.855. The van der Waals surface area contributed by atoms with Gasteiger partial charge in [-0.05, 0) is 58.5 Å². The molecule has 0 amide bonds. The molecule has 3 heteroatoms. The molecule has 16 heavy (non-hydrogen) atoms. The molecular weight excluding hydrogens is 377 g/mol. The first kappa shape index (κ1) is 11.9. The second-order valence-corrected chi connectivity index (χ2v) is 5.65. The molecule has 2 rings (SSSR count). The van der Waals surface area contributed by atoms with Crippen molar-refractivity contribution in [3.05, 3.63) is 62.1 Å². The van der Waals surface area contributed by atoms with Crippen LogP contribution < -0.4 is 5.32 Å². The van der Waals surface area contributed by atoms with Crippen LogP contribution in [-0.4, -0.2) is 0 Å². The van der Waals surface area contributed by atoms with Gasteiger partial charge in [0.25, 0.3) is 0 Å². The Kier molecular flexibility index (Phi) is 4.23. The predicted molar refractivity (Wildman–Crippen MR) is 80.6 cm³/mol. The van der Waals surface area contributed by atoms with Crippen molar-refractivity contribution in [3.63, 3.8) is 0 Å². The van der Waals surface area contributed by atoms with E-state index in [-0.39, 0.29) is 0 Å². The van der Waals surface area contributed by atoms with Gasteiger partial charge in [0.1, 0.15) is 0 Å². The fraction of sp³-hybridized carbons (Fsp3) is 0.0769. The fourth-order valence-corrected chi connectivity index (χ4v) is 2.16. The van der Waals surface area contributed by atoms with Crippen LogP contribution in [0.1, 0.15) is 5.56 Å². The summed E-state index contributed by atoms with van der Waals surface area (Å²) < 4.78 is 2.36. The smallest absolute Gasteiger partial charge is 0.0400 e. The van der Waals surface area contributed by atoms with Crippen molar-refractivity contribution in [3.8, 4) is 0 Å². The van der Waals surface area contributed by atoms with Crippen molar-refractivity contribution in [1.82, 2.24) is 0 Å². The third-order valence-electron chi connectivity index (χ3n) is 2.23. The minimum Gasteiger partial charge on any atom is -0.381 e. The number of hydrogen-bond acceptors (Lipinski definition) is 1. The summed E-state index contributed by atoms with van der Waals surface area (Å²) in [7, 11) is 0. The standard InChI is InChI=1S/C13H11BrIN/c14-11-2-1-3-13(8-11)16-9-10-4-6-12(15)7-5-10/h1-8,16H,9H2. The van der Waals surface area contributed by atoms with Crippen LogP contribution in [0.15, 0.2) is 53.0 Å². The molecule has 82 valence electrons. The maximum absolute atomic E-state index is 3.46. The van der Waals surface area contributed by atoms with Gasteiger partial charge in [-0.15, -0.1) is 0 Å². The van der Waals surface area contributed by atoms with E-state index < -0.39 is 0 Å². The van der Waals surface area contributed by atoms with E-state index >= 15 is 0 Å². The summed E-state index contributed by atoms with van der Waals surface area (Å²) in [5, 5.41) is 3.39. The van der Waals surface area contributed by atoms with E-state index in [1.165, 1.54) is 9.13 Å². The molecule has 0 unspecified atom stereocenters. The van der Waals surface area contributed by atoms with Crippen LogP contribution in [0.4, 0.5) is 5.69 Å². The van der Waals surface area contributed by atoms with E-state index in [2.05, 4.69) is 80.2 Å². The molecule has 1 N–H and O–H groups in total. The fourth-order valence-electron chi connectivity index (χ4n) is 1.40. The third-order valence-corrected chi connectivity index (χ3v) is 3.45. The molecule has 2 aromatic carbocycles. The van der Waals surface area contributed by atoms with Gasteiger partial charge in [0.2, 0.25) is 0 Å². The maximum atomic E-state index is 3.46. The van der Waals surface area contributed by atoms with Crippen LogP contribution >= 0.6 is 38.5 Å². The predicted octanol–water partition coefficient (Wildman–Crippen LogP) is 4.67. The average molecular weight is 388 g/mol. The van der Waals surface area contributed by atoms with E-state index in [0.717, 1.165) is 16.7 Å². The SMILES string of the molecule is Brc1cccc(NCc2ccc(I)cc2)c1. The highest BCUT2D eigenvalue weighted by atomic mass is 127. The zero-order valence-corrected chi connectivity index (χ0v) is 12.3. The van der Waals surface area contributed by atoms with E-state index in [1.54, 1.807) is 0 Å². The zero-order chi connectivity index (χ0) is 11.4. The Hall–Kier alpha value is -0.550. The summed E-state index contributed by atoms with van der Waals surface area (Å²) in [6, 6.07) is 16.7. The Balaban J connectivity index is 1.99. The van der Waals surface area contributed by atoms with Crippen molar-refractivity contribution in [2.24, 2.45) is 0 Å². The van der Waals surface area contributed by atoms with Crippen LogP contribution in [0.25, 0.3) is 0 Å². The van der Waals surface area contributed by atoms with Gasteiger partial charge in [0.15, 0.2) is 0 Å². The second kappa shape index (κ2) is 5.68. The first-order valence-corrected chi connectivity index (χ1v) is 6.85. The highest BCUT2D eigenvalue weighted by Gasteiger charge is 1.95. The number of rotatable bonds is 3. The van der Waals surface area contributed by atoms with Gasteiger partial charge >= 0.3 is 0 Å². The molecule has 0 aliphatic carbocycles. The second-order valence-electron chi connectivity index (χ2n) is 3.49. The van der Waals surface area contributed by atoms with Crippen LogP contribution in [0.5, 0.6) is 0 Å². The monoisotopic (exact) mass is 387 g/mol. The topological polar surface area (TPSA) is 12.0 Å². The number of benzene rings is 2. The first-order valence-electron chi connectivity index (χ1n) is 4.98. The number of anilines is 1. The van der Waals surface area contributed by atoms with E-state index in [1.807, 2.05) is 12.1 Å². The molecule has 0 aliphatic heterocycles. The zero-order valence-electron chi connectivity index (χ0n) is 8.58. The molecule has 0 saturated heterocycles. The quantitative estimate of drug-likeness (QED) is 0.755. The molecule has 0 aromatic heterocycles. The van der Waals surface area contributed by atoms with Gasteiger partial charge in [-0.1, -0.05) is 34.1 Å². The molecule has 0 radical (unpaired) electrons. The summed E-state index contributed by atoms with van der Waals surface area (Å²) >= 11 is 5.77. The molecule has 0 saturated carbocycles. The maximum Gasteiger partial charge on any atom is 0.0400 e. The van der Waals surface area contributed by atoms with E-state index in [0.29, 0.717) is 0 Å². The normalized spacial score (nSPS) is 10.1. The Morgan fingerprint density at radius 3 is 2.50 bits per heavy atom. The largest absolute Gasteiger partial charge is 0.381 e. The van der Waals surface area contributed by atoms with Gasteiger partial charge in [0, 0.05) is 20.3 Å². The van der Waals surface area contributed by atoms with Crippen LogP contribution in [0, 0.1) is 3.57 Å². The highest BCUT2D eigenvalue weighted by Crippen LogP contribution is 2.16. The lowest BCUT2D eigenvalue weighted by atomic mass is 10.2. The van der Waals surface area contributed by atoms with Gasteiger partial charge in [-0.3, -0.25) is 0 Å². The molecule has 0 heterocycles. The molecule has 0 aliphatic rings. The van der Waals surface area contributed by atoms with Crippen molar-refractivity contribution >= 4 is 44.2 Å². The summed E-state index contributed by atoms with van der Waals surface area (Å²) in [5.74, 6) is 0. The van der Waals surface area contributed by atoms with Crippen molar-refractivity contribution in [2.45, 2.75) is 6.54 Å². The van der Waals surface area contributed by atoms with Crippen molar-refractivity contribution < 1.29 is 0 Å². The van der Waals surface area contributed by atoms with Crippen molar-refractivity contribution in [1.29, 1.82) is 0 Å². The van der Waals surface area contributed by atoms with E-state index in [4.69, 9.17) is 0 Å². The molecular formula is C13H11BrIN. The summed E-state index contributed by atoms with van der Waals surface area (Å²) in [6.45, 7) is 0.855. The lowest BCUT2D eigenvalue weighted by Gasteiger charge is -2.06.